The standard InChI is InChI=1S/C30H42F2S/c1-2-3-4-5-6-7-8-9-24-12-18-27(19-13-24)28-20-14-25(15-21-28)10-11-26-16-22-29(23-17-26)33-30(31)32/h14-17,20-24,27,30H,2-13,18-19H2,1H3. The molecule has 0 aromatic heterocycles. The molecular weight excluding hydrogens is 430 g/mol. The summed E-state index contributed by atoms with van der Waals surface area (Å²) in [5, 5.41) is 0. The highest BCUT2D eigenvalue weighted by atomic mass is 32.2. The van der Waals surface area contributed by atoms with Crippen LogP contribution in [-0.2, 0) is 12.8 Å². The Morgan fingerprint density at radius 1 is 0.727 bits per heavy atom. The number of thioether (sulfide) groups is 1. The van der Waals surface area contributed by atoms with Crippen LogP contribution in [0.3, 0.4) is 0 Å². The van der Waals surface area contributed by atoms with Gasteiger partial charge in [0.05, 0.1) is 0 Å². The number of aryl methyl sites for hydroxylation is 2. The minimum atomic E-state index is -2.35. The van der Waals surface area contributed by atoms with Crippen LogP contribution in [-0.4, -0.2) is 5.76 Å². The summed E-state index contributed by atoms with van der Waals surface area (Å²) in [6.45, 7) is 2.29. The minimum Gasteiger partial charge on any atom is -0.198 e. The van der Waals surface area contributed by atoms with Crippen molar-refractivity contribution in [2.45, 2.75) is 113 Å². The van der Waals surface area contributed by atoms with Crippen LogP contribution in [0.15, 0.2) is 53.4 Å². The molecule has 1 saturated carbocycles. The Kier molecular flexibility index (Phi) is 11.8. The number of hydrogen-bond acceptors (Lipinski definition) is 1. The average molecular weight is 473 g/mol. The van der Waals surface area contributed by atoms with E-state index in [0.29, 0.717) is 16.7 Å². The predicted molar refractivity (Wildman–Crippen MR) is 139 cm³/mol. The molecule has 33 heavy (non-hydrogen) atoms. The largest absolute Gasteiger partial charge is 0.288 e. The van der Waals surface area contributed by atoms with Gasteiger partial charge < -0.3 is 0 Å². The van der Waals surface area contributed by atoms with Gasteiger partial charge in [-0.15, -0.1) is 0 Å². The lowest BCUT2D eigenvalue weighted by Crippen LogP contribution is -2.13. The molecule has 3 heteroatoms. The Morgan fingerprint density at radius 2 is 1.27 bits per heavy atom. The van der Waals surface area contributed by atoms with Gasteiger partial charge in [-0.2, -0.15) is 8.78 Å². The van der Waals surface area contributed by atoms with Crippen molar-refractivity contribution in [1.29, 1.82) is 0 Å². The molecule has 0 unspecified atom stereocenters. The molecule has 1 fully saturated rings. The van der Waals surface area contributed by atoms with E-state index in [9.17, 15) is 8.78 Å². The van der Waals surface area contributed by atoms with Crippen molar-refractivity contribution in [3.8, 4) is 0 Å². The summed E-state index contributed by atoms with van der Waals surface area (Å²) in [5.74, 6) is -0.652. The quantitative estimate of drug-likeness (QED) is 0.195. The summed E-state index contributed by atoms with van der Waals surface area (Å²) in [4.78, 5) is 0.634. The molecule has 0 N–H and O–H groups in total. The van der Waals surface area contributed by atoms with Crippen molar-refractivity contribution in [1.82, 2.24) is 0 Å². The third-order valence-corrected chi connectivity index (χ3v) is 8.09. The monoisotopic (exact) mass is 472 g/mol. The molecule has 0 saturated heterocycles. The molecule has 2 aromatic rings. The van der Waals surface area contributed by atoms with Gasteiger partial charge >= 0.3 is 0 Å². The Labute approximate surface area is 205 Å². The van der Waals surface area contributed by atoms with Gasteiger partial charge in [0, 0.05) is 4.90 Å². The molecule has 3 rings (SSSR count). The van der Waals surface area contributed by atoms with Gasteiger partial charge in [0.1, 0.15) is 0 Å². The maximum absolute atomic E-state index is 12.4. The van der Waals surface area contributed by atoms with E-state index >= 15 is 0 Å². The number of alkyl halides is 2. The second-order valence-corrected chi connectivity index (χ2v) is 11.0. The van der Waals surface area contributed by atoms with Gasteiger partial charge in [0.2, 0.25) is 0 Å². The zero-order valence-corrected chi connectivity index (χ0v) is 21.2. The van der Waals surface area contributed by atoms with Gasteiger partial charge in [0.25, 0.3) is 5.76 Å². The van der Waals surface area contributed by atoms with Crippen LogP contribution in [0.1, 0.15) is 107 Å². The van der Waals surface area contributed by atoms with Crippen LogP contribution < -0.4 is 0 Å². The molecule has 182 valence electrons. The fourth-order valence-electron chi connectivity index (χ4n) is 5.26. The maximum atomic E-state index is 12.4. The Morgan fingerprint density at radius 3 is 1.85 bits per heavy atom. The first-order valence-electron chi connectivity index (χ1n) is 13.3. The zero-order chi connectivity index (χ0) is 23.3. The Hall–Kier alpha value is -1.35. The van der Waals surface area contributed by atoms with E-state index in [1.54, 1.807) is 12.1 Å². The smallest absolute Gasteiger partial charge is 0.198 e. The van der Waals surface area contributed by atoms with Gasteiger partial charge in [-0.05, 0) is 79.2 Å². The Bertz CT molecular complexity index is 761. The number of halogens is 2. The van der Waals surface area contributed by atoms with E-state index in [-0.39, 0.29) is 0 Å². The third-order valence-electron chi connectivity index (χ3n) is 7.36. The first kappa shape index (κ1) is 26.3. The van der Waals surface area contributed by atoms with Crippen molar-refractivity contribution in [3.63, 3.8) is 0 Å². The van der Waals surface area contributed by atoms with Crippen molar-refractivity contribution < 1.29 is 8.78 Å². The van der Waals surface area contributed by atoms with Crippen molar-refractivity contribution in [2.24, 2.45) is 5.92 Å². The number of rotatable bonds is 14. The fraction of sp³-hybridized carbons (Fsp3) is 0.600. The summed E-state index contributed by atoms with van der Waals surface area (Å²) >= 11 is 0.611. The van der Waals surface area contributed by atoms with Gasteiger partial charge in [-0.1, -0.05) is 106 Å². The van der Waals surface area contributed by atoms with Crippen molar-refractivity contribution >= 4 is 11.8 Å². The van der Waals surface area contributed by atoms with Crippen LogP contribution in [0, 0.1) is 5.92 Å². The third kappa shape index (κ3) is 9.81. The van der Waals surface area contributed by atoms with E-state index < -0.39 is 5.76 Å². The second kappa shape index (κ2) is 14.8. The number of benzene rings is 2. The first-order valence-corrected chi connectivity index (χ1v) is 14.1. The first-order chi connectivity index (χ1) is 16.1. The molecule has 0 spiro atoms. The fourth-order valence-corrected chi connectivity index (χ4v) is 5.76. The minimum absolute atomic E-state index is 0.611. The lowest BCUT2D eigenvalue weighted by Gasteiger charge is -2.29. The molecule has 1 aliphatic rings. The molecule has 2 aromatic carbocycles. The molecule has 0 bridgehead atoms. The predicted octanol–water partition coefficient (Wildman–Crippen LogP) is 10.2. The van der Waals surface area contributed by atoms with E-state index in [1.807, 2.05) is 12.1 Å². The molecule has 0 radical (unpaired) electrons. The van der Waals surface area contributed by atoms with Gasteiger partial charge in [-0.3, -0.25) is 0 Å². The summed E-state index contributed by atoms with van der Waals surface area (Å²) in [5.41, 5.74) is 4.08. The molecule has 1 aliphatic carbocycles. The number of unbranched alkanes of at least 4 members (excludes halogenated alkanes) is 6. The lowest BCUT2D eigenvalue weighted by molar-refractivity contribution is 0.252. The summed E-state index contributed by atoms with van der Waals surface area (Å²) in [6, 6.07) is 16.8. The number of hydrogen-bond donors (Lipinski definition) is 0. The van der Waals surface area contributed by atoms with Crippen LogP contribution >= 0.6 is 11.8 Å². The SMILES string of the molecule is CCCCCCCCCC1CCC(c2ccc(CCc3ccc(SC(F)F)cc3)cc2)CC1. The van der Waals surface area contributed by atoms with E-state index in [0.717, 1.165) is 24.7 Å². The summed E-state index contributed by atoms with van der Waals surface area (Å²) in [6.07, 6.45) is 18.8. The summed E-state index contributed by atoms with van der Waals surface area (Å²) in [7, 11) is 0. The zero-order valence-electron chi connectivity index (χ0n) is 20.4. The van der Waals surface area contributed by atoms with Crippen molar-refractivity contribution in [3.05, 3.63) is 65.2 Å². The normalized spacial score (nSPS) is 18.7. The van der Waals surface area contributed by atoms with Crippen LogP contribution in [0.2, 0.25) is 0 Å². The molecule has 0 aliphatic heterocycles. The topological polar surface area (TPSA) is 0 Å². The van der Waals surface area contributed by atoms with Gasteiger partial charge in [-0.25, -0.2) is 0 Å². The molecule has 0 amide bonds. The van der Waals surface area contributed by atoms with Crippen LogP contribution in [0.25, 0.3) is 0 Å². The molecule has 0 nitrogen and oxygen atoms in total. The highest BCUT2D eigenvalue weighted by Gasteiger charge is 2.22. The highest BCUT2D eigenvalue weighted by molar-refractivity contribution is 7.99. The molecule has 0 atom stereocenters. The highest BCUT2D eigenvalue weighted by Crippen LogP contribution is 2.38. The lowest BCUT2D eigenvalue weighted by atomic mass is 9.77. The molecular formula is C30H42F2S. The summed E-state index contributed by atoms with van der Waals surface area (Å²) < 4.78 is 24.9. The maximum Gasteiger partial charge on any atom is 0.288 e. The average Bonchev–Trinajstić information content (AvgIpc) is 2.83. The van der Waals surface area contributed by atoms with E-state index in [1.165, 1.54) is 93.7 Å². The van der Waals surface area contributed by atoms with Crippen molar-refractivity contribution in [2.75, 3.05) is 0 Å². The van der Waals surface area contributed by atoms with Crippen LogP contribution in [0.4, 0.5) is 8.78 Å². The molecule has 0 heterocycles. The van der Waals surface area contributed by atoms with Crippen LogP contribution in [0.5, 0.6) is 0 Å². The second-order valence-electron chi connectivity index (χ2n) is 9.89. The Balaban J connectivity index is 1.33. The van der Waals surface area contributed by atoms with E-state index in [4.69, 9.17) is 0 Å². The van der Waals surface area contributed by atoms with Gasteiger partial charge in [0.15, 0.2) is 0 Å². The van der Waals surface area contributed by atoms with E-state index in [2.05, 4.69) is 31.2 Å².